The van der Waals surface area contributed by atoms with Gasteiger partial charge in [-0.3, -0.25) is 4.79 Å². The van der Waals surface area contributed by atoms with Gasteiger partial charge in [-0.1, -0.05) is 17.3 Å². The molecule has 19 heavy (non-hydrogen) atoms. The van der Waals surface area contributed by atoms with Crippen LogP contribution in [0.2, 0.25) is 0 Å². The zero-order valence-electron chi connectivity index (χ0n) is 9.44. The summed E-state index contributed by atoms with van der Waals surface area (Å²) in [5, 5.41) is 5.71. The molecule has 0 atom stereocenters. The zero-order valence-corrected chi connectivity index (χ0v) is 9.44. The fourth-order valence-corrected chi connectivity index (χ4v) is 1.34. The van der Waals surface area contributed by atoms with E-state index in [1.807, 2.05) is 0 Å². The van der Waals surface area contributed by atoms with Crippen LogP contribution >= 0.6 is 0 Å². The summed E-state index contributed by atoms with van der Waals surface area (Å²) >= 11 is 0. The van der Waals surface area contributed by atoms with E-state index < -0.39 is 17.6 Å². The Morgan fingerprint density at radius 2 is 1.95 bits per heavy atom. The van der Waals surface area contributed by atoms with Crippen molar-refractivity contribution in [3.05, 3.63) is 47.6 Å². The van der Waals surface area contributed by atoms with Crippen molar-refractivity contribution in [3.8, 4) is 0 Å². The molecule has 0 aliphatic rings. The lowest BCUT2D eigenvalue weighted by Crippen LogP contribution is -2.23. The Hall–Kier alpha value is -2.38. The highest BCUT2D eigenvalue weighted by atomic mass is 19.4. The van der Waals surface area contributed by atoms with Crippen LogP contribution in [-0.4, -0.2) is 16.0 Å². The standard InChI is InChI=1S/C11H8F3N3O2/c12-11(13,14)8-3-1-7(2-4-8)5-15-9(18)10-16-6-17-19-10/h1-4,6H,5H2,(H,15,18). The van der Waals surface area contributed by atoms with Gasteiger partial charge in [0.2, 0.25) is 0 Å². The average molecular weight is 271 g/mol. The summed E-state index contributed by atoms with van der Waals surface area (Å²) < 4.78 is 41.5. The highest BCUT2D eigenvalue weighted by molar-refractivity contribution is 5.89. The van der Waals surface area contributed by atoms with Crippen molar-refractivity contribution < 1.29 is 22.5 Å². The molecular formula is C11H8F3N3O2. The molecule has 1 aromatic carbocycles. The molecule has 1 amide bonds. The molecule has 0 aliphatic heterocycles. The quantitative estimate of drug-likeness (QED) is 0.927. The maximum absolute atomic E-state index is 12.3. The van der Waals surface area contributed by atoms with Gasteiger partial charge in [0.15, 0.2) is 6.33 Å². The first-order chi connectivity index (χ1) is 8.97. The molecule has 1 aromatic heterocycles. The van der Waals surface area contributed by atoms with E-state index >= 15 is 0 Å². The number of aromatic nitrogens is 2. The third-order valence-electron chi connectivity index (χ3n) is 2.29. The first kappa shape index (κ1) is 13.1. The van der Waals surface area contributed by atoms with Crippen molar-refractivity contribution in [3.63, 3.8) is 0 Å². The molecule has 0 radical (unpaired) electrons. The van der Waals surface area contributed by atoms with Gasteiger partial charge < -0.3 is 9.84 Å². The normalized spacial score (nSPS) is 11.3. The van der Waals surface area contributed by atoms with E-state index in [-0.39, 0.29) is 12.4 Å². The highest BCUT2D eigenvalue weighted by Crippen LogP contribution is 2.28. The minimum Gasteiger partial charge on any atom is -0.344 e. The van der Waals surface area contributed by atoms with Crippen LogP contribution < -0.4 is 5.32 Å². The van der Waals surface area contributed by atoms with Crippen LogP contribution in [0.15, 0.2) is 35.1 Å². The Morgan fingerprint density at radius 1 is 1.26 bits per heavy atom. The molecule has 0 aliphatic carbocycles. The van der Waals surface area contributed by atoms with Crippen molar-refractivity contribution in [2.45, 2.75) is 12.7 Å². The molecule has 1 N–H and O–H groups in total. The lowest BCUT2D eigenvalue weighted by molar-refractivity contribution is -0.137. The first-order valence-corrected chi connectivity index (χ1v) is 5.18. The fraction of sp³-hybridized carbons (Fsp3) is 0.182. The Labute approximate surface area is 105 Å². The van der Waals surface area contributed by atoms with Crippen molar-refractivity contribution in [1.82, 2.24) is 15.5 Å². The van der Waals surface area contributed by atoms with Crippen LogP contribution in [0.25, 0.3) is 0 Å². The fourth-order valence-electron chi connectivity index (χ4n) is 1.34. The number of hydrogen-bond donors (Lipinski definition) is 1. The van der Waals surface area contributed by atoms with Crippen LogP contribution in [-0.2, 0) is 12.7 Å². The Bertz CT molecular complexity index is 550. The van der Waals surface area contributed by atoms with E-state index in [0.717, 1.165) is 18.5 Å². The van der Waals surface area contributed by atoms with E-state index in [9.17, 15) is 18.0 Å². The zero-order chi connectivity index (χ0) is 13.9. The number of nitrogens with one attached hydrogen (secondary N) is 1. The van der Waals surface area contributed by atoms with Crippen LogP contribution in [0.4, 0.5) is 13.2 Å². The van der Waals surface area contributed by atoms with Crippen LogP contribution in [0.1, 0.15) is 21.8 Å². The van der Waals surface area contributed by atoms with Crippen LogP contribution in [0.5, 0.6) is 0 Å². The molecule has 0 unspecified atom stereocenters. The molecule has 2 rings (SSSR count). The van der Waals surface area contributed by atoms with Crippen molar-refractivity contribution in [2.75, 3.05) is 0 Å². The van der Waals surface area contributed by atoms with Gasteiger partial charge in [-0.15, -0.1) is 0 Å². The molecule has 0 spiro atoms. The van der Waals surface area contributed by atoms with Crippen LogP contribution in [0, 0.1) is 0 Å². The summed E-state index contributed by atoms with van der Waals surface area (Å²) in [6.07, 6.45) is -3.29. The Kier molecular flexibility index (Phi) is 3.50. The Balaban J connectivity index is 1.95. The molecule has 0 saturated heterocycles. The van der Waals surface area contributed by atoms with E-state index in [2.05, 4.69) is 20.0 Å². The summed E-state index contributed by atoms with van der Waals surface area (Å²) in [7, 11) is 0. The molecule has 2 aromatic rings. The number of alkyl halides is 3. The van der Waals surface area contributed by atoms with E-state index in [1.165, 1.54) is 12.1 Å². The van der Waals surface area contributed by atoms with E-state index in [4.69, 9.17) is 0 Å². The summed E-state index contributed by atoms with van der Waals surface area (Å²) in [6, 6.07) is 4.48. The van der Waals surface area contributed by atoms with Crippen molar-refractivity contribution >= 4 is 5.91 Å². The lowest BCUT2D eigenvalue weighted by Gasteiger charge is -2.07. The Morgan fingerprint density at radius 3 is 2.47 bits per heavy atom. The van der Waals surface area contributed by atoms with Gasteiger partial charge in [0.1, 0.15) is 0 Å². The number of carbonyl (C=O) groups excluding carboxylic acids is 1. The SMILES string of the molecule is O=C(NCc1ccc(C(F)(F)F)cc1)c1ncno1. The number of benzene rings is 1. The van der Waals surface area contributed by atoms with Gasteiger partial charge in [-0.2, -0.15) is 18.2 Å². The second kappa shape index (κ2) is 5.09. The number of amides is 1. The second-order valence-corrected chi connectivity index (χ2v) is 3.62. The lowest BCUT2D eigenvalue weighted by atomic mass is 10.1. The minimum atomic E-state index is -4.37. The number of halogens is 3. The summed E-state index contributed by atoms with van der Waals surface area (Å²) in [5.74, 6) is -0.788. The average Bonchev–Trinajstić information content (AvgIpc) is 2.89. The number of rotatable bonds is 3. The monoisotopic (exact) mass is 271 g/mol. The molecular weight excluding hydrogens is 263 g/mol. The molecule has 8 heteroatoms. The summed E-state index contributed by atoms with van der Waals surface area (Å²) in [6.45, 7) is 0.0688. The maximum atomic E-state index is 12.3. The van der Waals surface area contributed by atoms with Gasteiger partial charge in [0.25, 0.3) is 0 Å². The molecule has 0 fully saturated rings. The summed E-state index contributed by atoms with van der Waals surface area (Å²) in [5.41, 5.74) is -0.208. The predicted octanol–water partition coefficient (Wildman–Crippen LogP) is 2.02. The molecule has 100 valence electrons. The largest absolute Gasteiger partial charge is 0.416 e. The molecule has 5 nitrogen and oxygen atoms in total. The third-order valence-corrected chi connectivity index (χ3v) is 2.29. The van der Waals surface area contributed by atoms with Crippen LogP contribution in [0.3, 0.4) is 0 Å². The minimum absolute atomic E-state index is 0.0688. The smallest absolute Gasteiger partial charge is 0.344 e. The summed E-state index contributed by atoms with van der Waals surface area (Å²) in [4.78, 5) is 15.0. The van der Waals surface area contributed by atoms with Gasteiger partial charge >= 0.3 is 18.0 Å². The third kappa shape index (κ3) is 3.30. The van der Waals surface area contributed by atoms with Crippen molar-refractivity contribution in [1.29, 1.82) is 0 Å². The number of nitrogens with zero attached hydrogens (tertiary/aromatic N) is 2. The molecule has 1 heterocycles. The molecule has 0 bridgehead atoms. The second-order valence-electron chi connectivity index (χ2n) is 3.62. The van der Waals surface area contributed by atoms with Gasteiger partial charge in [0.05, 0.1) is 5.56 Å². The highest BCUT2D eigenvalue weighted by Gasteiger charge is 2.29. The maximum Gasteiger partial charge on any atom is 0.416 e. The van der Waals surface area contributed by atoms with E-state index in [0.29, 0.717) is 5.56 Å². The number of carbonyl (C=O) groups is 1. The topological polar surface area (TPSA) is 68.0 Å². The van der Waals surface area contributed by atoms with Crippen molar-refractivity contribution in [2.24, 2.45) is 0 Å². The van der Waals surface area contributed by atoms with Gasteiger partial charge in [-0.25, -0.2) is 0 Å². The number of hydrogen-bond acceptors (Lipinski definition) is 4. The van der Waals surface area contributed by atoms with Gasteiger partial charge in [0, 0.05) is 6.54 Å². The predicted molar refractivity (Wildman–Crippen MR) is 56.9 cm³/mol. The molecule has 0 saturated carbocycles. The van der Waals surface area contributed by atoms with Gasteiger partial charge in [-0.05, 0) is 17.7 Å². The van der Waals surface area contributed by atoms with E-state index in [1.54, 1.807) is 0 Å². The first-order valence-electron chi connectivity index (χ1n) is 5.18.